The topological polar surface area (TPSA) is 335 Å². The molecule has 33 heteroatoms. The number of nitrogens with zero attached hydrogens (tertiary/aromatic N) is 19. The van der Waals surface area contributed by atoms with Crippen LogP contribution >= 0.6 is 0 Å². The van der Waals surface area contributed by atoms with E-state index in [1.54, 1.807) is 110 Å². The lowest BCUT2D eigenvalue weighted by Gasteiger charge is -2.17. The fraction of sp³-hybridized carbons (Fsp3) is 0.225. The lowest BCUT2D eigenvalue weighted by atomic mass is 10.1. The van der Waals surface area contributed by atoms with E-state index < -0.39 is 6.36 Å². The van der Waals surface area contributed by atoms with Crippen molar-refractivity contribution in [2.75, 3.05) is 147 Å². The molecule has 6 N–H and O–H groups in total. The Balaban J connectivity index is 0.000000137. The van der Waals surface area contributed by atoms with Gasteiger partial charge in [0.05, 0.1) is 66.5 Å². The zero-order valence-electron chi connectivity index (χ0n) is 83.2. The van der Waals surface area contributed by atoms with Gasteiger partial charge >= 0.3 is 6.36 Å². The zero-order valence-corrected chi connectivity index (χ0v) is 83.2. The Morgan fingerprint density at radius 2 is 0.708 bits per heavy atom. The molecule has 0 saturated heterocycles. The van der Waals surface area contributed by atoms with Gasteiger partial charge in [0, 0.05) is 147 Å². The van der Waals surface area contributed by atoms with E-state index in [1.807, 2.05) is 250 Å². The molecule has 2 amide bonds. The number of ether oxygens (including phenoxy) is 2. The molecule has 0 radical (unpaired) electrons. The van der Waals surface area contributed by atoms with Gasteiger partial charge in [-0.1, -0.05) is 122 Å². The van der Waals surface area contributed by atoms with E-state index in [0.29, 0.717) is 115 Å². The Hall–Kier alpha value is -17.1. The van der Waals surface area contributed by atoms with Gasteiger partial charge in [-0.3, -0.25) is 9.59 Å². The summed E-state index contributed by atoms with van der Waals surface area (Å²) in [7, 11) is 26.9. The van der Waals surface area contributed by atoms with Crippen LogP contribution in [0.2, 0.25) is 0 Å². The van der Waals surface area contributed by atoms with E-state index in [4.69, 9.17) is 14.7 Å². The number of alkyl halides is 3. The third kappa shape index (κ3) is 25.4. The molecule has 29 nitrogen and oxygen atoms in total. The summed E-state index contributed by atoms with van der Waals surface area (Å²) in [5, 5.41) is 51.1. The number of nitrogens with one attached hydrogen (secondary N) is 2. The molecule has 0 aliphatic heterocycles. The third-order valence-corrected chi connectivity index (χ3v) is 22.6. The minimum absolute atomic E-state index is 0.0172. The van der Waals surface area contributed by atoms with E-state index in [2.05, 4.69) is 96.1 Å². The van der Waals surface area contributed by atoms with E-state index in [-0.39, 0.29) is 58.1 Å². The number of aromatic hydroxyl groups is 4. The maximum absolute atomic E-state index is 14.2. The van der Waals surface area contributed by atoms with Crippen molar-refractivity contribution in [1.82, 2.24) is 70.0 Å². The summed E-state index contributed by atoms with van der Waals surface area (Å²) in [6.45, 7) is 9.25. The number of amides is 2. The first-order chi connectivity index (χ1) is 68.8. The minimum atomic E-state index is -4.78. The summed E-state index contributed by atoms with van der Waals surface area (Å²) in [5.74, 6) is 7.57. The van der Waals surface area contributed by atoms with Gasteiger partial charge in [-0.05, 0) is 205 Å². The van der Waals surface area contributed by atoms with Crippen LogP contribution < -0.4 is 49.5 Å². The van der Waals surface area contributed by atoms with Crippen LogP contribution in [0.25, 0.3) is 134 Å². The number of carbonyl (C=O) groups excluding carboxylic acids is 2. The number of anilines is 7. The SMILES string of the molecule is CC(C)C(=O)Nc1ccc2c(N(C)C)nc(-c3ccccc3F)nc2c1.CN(C)CCOc1ccccc1-c1nc(N(C)C)c2ccccc2n1.CN(C)c1nc(-c2ccccc2O)nc2ccc(C(=O)NC3CC3)cc12.CN(C)c1nc(-c2ccccc2O)nc2ccc(OC(F)(F)F)cc12.Cc1ccc2nc(-c3ccccc3O)nc(N(C)C)c2c1.Cc1ccc2nc(-c3ccccc3O)nc(N(C)C)c2c1. The maximum Gasteiger partial charge on any atom is 0.573 e. The molecular weight excluding hydrogens is 1830 g/mol. The minimum Gasteiger partial charge on any atom is -0.507 e. The number of aromatic nitrogens is 12. The Kier molecular flexibility index (Phi) is 32.4. The van der Waals surface area contributed by atoms with Gasteiger partial charge in [0.15, 0.2) is 34.9 Å². The predicted octanol–water partition coefficient (Wildman–Crippen LogP) is 21.1. The van der Waals surface area contributed by atoms with Crippen molar-refractivity contribution in [3.8, 4) is 103 Å². The largest absolute Gasteiger partial charge is 0.573 e. The first-order valence-electron chi connectivity index (χ1n) is 46.3. The standard InChI is InChI=1S/C20H21FN4O.C20H20N4O2.C20H24N4O.C17H14F3N3O2.2C17H17N3O/c1-12(2)20(26)22-13-9-10-15-17(11-13)23-18(24-19(15)25(3)4)14-7-5-6-8-16(14)21;1-24(2)19-15-11-12(20(26)21-13-8-9-13)7-10-16(15)22-18(23-19)14-5-3-4-6-17(14)25;1-23(2)13-14-25-18-12-8-6-10-16(18)19-21-17-11-7-5-9-15(17)20(22-19)24(3)4;1-23(2)16-12-9-10(25-17(18,19)20)7-8-13(12)21-15(22-16)11-5-3-4-6-14(11)24;2*1-11-8-9-14-13(10-11)17(20(2)3)19-16(18-14)12-6-4-5-7-15(12)21/h5-12H,1-4H3,(H,22,26);3-7,10-11,13,25H,8-9H2,1-2H3,(H,21,26);5-12H,13-14H2,1-4H3;3-9,24H,1-2H3;2*4-10,21H,1-3H3. The van der Waals surface area contributed by atoms with Gasteiger partial charge in [-0.25, -0.2) is 64.2 Å². The number of carbonyl (C=O) groups is 2. The molecule has 144 heavy (non-hydrogen) atoms. The third-order valence-electron chi connectivity index (χ3n) is 22.6. The highest BCUT2D eigenvalue weighted by molar-refractivity contribution is 6.03. The molecule has 1 aliphatic rings. The Bertz CT molecular complexity index is 7560. The van der Waals surface area contributed by atoms with Crippen LogP contribution in [-0.4, -0.2) is 221 Å². The van der Waals surface area contributed by atoms with Crippen LogP contribution in [0.1, 0.15) is 48.2 Å². The van der Waals surface area contributed by atoms with Crippen molar-refractivity contribution in [3.05, 3.63) is 283 Å². The van der Waals surface area contributed by atoms with Crippen molar-refractivity contribution in [3.63, 3.8) is 0 Å². The summed E-state index contributed by atoms with van der Waals surface area (Å²) in [4.78, 5) is 92.8. The number of halogens is 4. The van der Waals surface area contributed by atoms with Crippen LogP contribution in [0.5, 0.6) is 34.5 Å². The predicted molar refractivity (Wildman–Crippen MR) is 567 cm³/mol. The molecule has 18 aromatic rings. The molecule has 1 aliphatic carbocycles. The average molecular weight is 1950 g/mol. The van der Waals surface area contributed by atoms with Crippen LogP contribution in [0.15, 0.2) is 261 Å². The number of benzene rings is 12. The summed E-state index contributed by atoms with van der Waals surface area (Å²) in [5.41, 5.74) is 11.6. The molecule has 19 rings (SSSR count). The number of aryl methyl sites for hydroxylation is 2. The highest BCUT2D eigenvalue weighted by Gasteiger charge is 2.32. The average Bonchev–Trinajstić information content (AvgIpc) is 1.71. The van der Waals surface area contributed by atoms with Crippen molar-refractivity contribution < 1.29 is 57.1 Å². The molecule has 1 saturated carbocycles. The monoisotopic (exact) mass is 1940 g/mol. The molecule has 738 valence electrons. The van der Waals surface area contributed by atoms with Gasteiger partial charge in [-0.2, -0.15) is 0 Å². The Labute approximate surface area is 831 Å². The summed E-state index contributed by atoms with van der Waals surface area (Å²) >= 11 is 0. The van der Waals surface area contributed by atoms with Gasteiger partial charge in [0.1, 0.15) is 81.8 Å². The molecule has 0 unspecified atom stereocenters. The highest BCUT2D eigenvalue weighted by atomic mass is 19.4. The molecule has 0 spiro atoms. The first kappa shape index (κ1) is 103. The molecule has 0 atom stereocenters. The van der Waals surface area contributed by atoms with Crippen LogP contribution in [0.4, 0.5) is 58.2 Å². The van der Waals surface area contributed by atoms with Gasteiger partial charge in [-0.15, -0.1) is 13.2 Å². The summed E-state index contributed by atoms with van der Waals surface area (Å²) in [6, 6.07) is 77.6. The van der Waals surface area contributed by atoms with Crippen LogP contribution in [0.3, 0.4) is 0 Å². The van der Waals surface area contributed by atoms with Gasteiger partial charge < -0.3 is 74.8 Å². The molecule has 12 aromatic carbocycles. The number of hydrogen-bond acceptors (Lipinski definition) is 27. The second-order valence-electron chi connectivity index (χ2n) is 35.9. The number of hydrogen-bond donors (Lipinski definition) is 6. The molecule has 6 heterocycles. The molecule has 6 aromatic heterocycles. The number of fused-ring (bicyclic) bond motifs is 6. The molecule has 0 bridgehead atoms. The van der Waals surface area contributed by atoms with Crippen molar-refractivity contribution in [2.45, 2.75) is 52.9 Å². The zero-order chi connectivity index (χ0) is 103. The van der Waals surface area contributed by atoms with E-state index >= 15 is 0 Å². The first-order valence-corrected chi connectivity index (χ1v) is 46.3. The lowest BCUT2D eigenvalue weighted by molar-refractivity contribution is -0.274. The van der Waals surface area contributed by atoms with Crippen molar-refractivity contribution >= 4 is 118 Å². The fourth-order valence-electron chi connectivity index (χ4n) is 15.2. The smallest absolute Gasteiger partial charge is 0.507 e. The van der Waals surface area contributed by atoms with Gasteiger partial charge in [0.2, 0.25) is 5.91 Å². The second kappa shape index (κ2) is 45.4. The Morgan fingerprint density at radius 3 is 1.12 bits per heavy atom. The normalized spacial score (nSPS) is 11.5. The number of para-hydroxylation sites is 6. The fourth-order valence-corrected chi connectivity index (χ4v) is 15.2. The van der Waals surface area contributed by atoms with E-state index in [9.17, 15) is 47.6 Å². The van der Waals surface area contributed by atoms with Crippen molar-refractivity contribution in [2.24, 2.45) is 5.92 Å². The van der Waals surface area contributed by atoms with Crippen LogP contribution in [0, 0.1) is 25.6 Å². The van der Waals surface area contributed by atoms with Crippen molar-refractivity contribution in [1.29, 1.82) is 0 Å². The number of phenols is 4. The number of likely N-dealkylation sites (N-methyl/N-ethyl adjacent to an activating group) is 1. The second-order valence-corrected chi connectivity index (χ2v) is 35.9. The number of phenolic OH excluding ortho intramolecular Hbond substituents is 4. The van der Waals surface area contributed by atoms with Gasteiger partial charge in [0.25, 0.3) is 5.91 Å². The lowest BCUT2D eigenvalue weighted by Crippen LogP contribution is -2.25. The van der Waals surface area contributed by atoms with E-state index in [1.165, 1.54) is 41.5 Å². The molecular formula is C111H113F4N21O8. The summed E-state index contributed by atoms with van der Waals surface area (Å²) < 4.78 is 61.5. The Morgan fingerprint density at radius 1 is 0.368 bits per heavy atom. The molecule has 1 fully saturated rings. The summed E-state index contributed by atoms with van der Waals surface area (Å²) in [6.07, 6.45) is -2.67. The van der Waals surface area contributed by atoms with Crippen LogP contribution in [-0.2, 0) is 4.79 Å². The highest BCUT2D eigenvalue weighted by Crippen LogP contribution is 2.41. The van der Waals surface area contributed by atoms with E-state index in [0.717, 1.165) is 97.2 Å². The maximum atomic E-state index is 14.2. The quantitative estimate of drug-likeness (QED) is 0.0364. The number of rotatable bonds is 21.